The van der Waals surface area contributed by atoms with Crippen LogP contribution in [0.4, 0.5) is 5.69 Å². The fourth-order valence-corrected chi connectivity index (χ4v) is 4.51. The number of rotatable bonds is 10. The highest BCUT2D eigenvalue weighted by Gasteiger charge is 2.40. The molecule has 0 saturated heterocycles. The molecule has 0 aliphatic heterocycles. The summed E-state index contributed by atoms with van der Waals surface area (Å²) >= 11 is 0. The molecule has 0 unspecified atom stereocenters. The molecule has 4 heteroatoms. The van der Waals surface area contributed by atoms with Gasteiger partial charge in [0.25, 0.3) is 0 Å². The molecule has 4 rings (SSSR count). The van der Waals surface area contributed by atoms with Gasteiger partial charge in [-0.3, -0.25) is 4.90 Å². The van der Waals surface area contributed by atoms with Crippen LogP contribution in [-0.4, -0.2) is 21.0 Å². The summed E-state index contributed by atoms with van der Waals surface area (Å²) in [6.07, 6.45) is 8.91. The predicted molar refractivity (Wildman–Crippen MR) is 132 cm³/mol. The molecule has 4 nitrogen and oxygen atoms in total. The lowest BCUT2D eigenvalue weighted by Crippen LogP contribution is -2.49. The Labute approximate surface area is 191 Å². The third-order valence-corrected chi connectivity index (χ3v) is 6.16. The van der Waals surface area contributed by atoms with Gasteiger partial charge in [0.05, 0.1) is 18.5 Å². The fraction of sp³-hybridized carbons (Fsp3) is 0.250. The first kappa shape index (κ1) is 21.8. The van der Waals surface area contributed by atoms with Gasteiger partial charge in [-0.2, -0.15) is 0 Å². The molecule has 1 heterocycles. The number of nitrogen functional groups attached to an aromatic ring is 1. The molecule has 0 saturated carbocycles. The minimum Gasteiger partial charge on any atom is -0.399 e. The number of aromatic nitrogens is 2. The average Bonchev–Trinajstić information content (AvgIpc) is 3.36. The summed E-state index contributed by atoms with van der Waals surface area (Å²) in [5.41, 5.74) is 10.3. The van der Waals surface area contributed by atoms with E-state index in [1.165, 1.54) is 16.7 Å². The van der Waals surface area contributed by atoms with Crippen molar-refractivity contribution in [2.24, 2.45) is 0 Å². The van der Waals surface area contributed by atoms with E-state index in [2.05, 4.69) is 94.2 Å². The summed E-state index contributed by atoms with van der Waals surface area (Å²) in [5, 5.41) is 0. The first-order valence-corrected chi connectivity index (χ1v) is 11.4. The number of hydrogen-bond acceptors (Lipinski definition) is 3. The lowest BCUT2D eigenvalue weighted by Gasteiger charge is -2.45. The van der Waals surface area contributed by atoms with E-state index in [1.54, 1.807) is 0 Å². The van der Waals surface area contributed by atoms with Crippen molar-refractivity contribution in [3.8, 4) is 0 Å². The predicted octanol–water partition coefficient (Wildman–Crippen LogP) is 5.71. The lowest BCUT2D eigenvalue weighted by molar-refractivity contribution is 0.0814. The molecule has 0 spiro atoms. The summed E-state index contributed by atoms with van der Waals surface area (Å²) in [4.78, 5) is 6.91. The lowest BCUT2D eigenvalue weighted by atomic mass is 9.76. The van der Waals surface area contributed by atoms with Crippen molar-refractivity contribution in [2.45, 2.75) is 38.4 Å². The Morgan fingerprint density at radius 1 is 0.875 bits per heavy atom. The molecule has 32 heavy (non-hydrogen) atoms. The van der Waals surface area contributed by atoms with Gasteiger partial charge in [-0.15, -0.1) is 0 Å². The third kappa shape index (κ3) is 4.76. The van der Waals surface area contributed by atoms with E-state index < -0.39 is 0 Å². The van der Waals surface area contributed by atoms with Crippen molar-refractivity contribution in [1.29, 1.82) is 0 Å². The normalized spacial score (nSPS) is 11.7. The maximum atomic E-state index is 6.01. The molecular weight excluding hydrogens is 392 g/mol. The van der Waals surface area contributed by atoms with Crippen LogP contribution in [0.25, 0.3) is 0 Å². The molecule has 3 aromatic carbocycles. The highest BCUT2D eigenvalue weighted by molar-refractivity contribution is 5.44. The number of unbranched alkanes of at least 4 members (excludes halogenated alkanes) is 1. The Kier molecular flexibility index (Phi) is 7.03. The third-order valence-electron chi connectivity index (χ3n) is 6.16. The van der Waals surface area contributed by atoms with Crippen molar-refractivity contribution in [1.82, 2.24) is 14.5 Å². The Bertz CT molecular complexity index is 1020. The Morgan fingerprint density at radius 3 is 2.03 bits per heavy atom. The van der Waals surface area contributed by atoms with Crippen LogP contribution in [-0.2, 0) is 18.6 Å². The number of benzene rings is 3. The zero-order valence-electron chi connectivity index (χ0n) is 18.8. The molecule has 4 aromatic rings. The van der Waals surface area contributed by atoms with E-state index in [1.807, 2.05) is 30.9 Å². The number of nitrogens with two attached hydrogens (primary N) is 1. The molecule has 164 valence electrons. The second-order valence-electron chi connectivity index (χ2n) is 8.35. The largest absolute Gasteiger partial charge is 0.399 e. The molecular formula is C28H32N4. The van der Waals surface area contributed by atoms with Crippen LogP contribution < -0.4 is 5.73 Å². The Balaban J connectivity index is 1.91. The zero-order valence-corrected chi connectivity index (χ0v) is 18.8. The van der Waals surface area contributed by atoms with Crippen molar-refractivity contribution >= 4 is 5.69 Å². The summed E-state index contributed by atoms with van der Waals surface area (Å²) in [6.45, 7) is 3.99. The number of imidazole rings is 1. The SMILES string of the molecule is CCCCN(Cn1ccnc1)C(Cc1ccc(N)cc1)(c1ccccc1)c1ccccc1. The molecule has 0 bridgehead atoms. The van der Waals surface area contributed by atoms with Gasteiger partial charge in [-0.05, 0) is 41.7 Å². The maximum Gasteiger partial charge on any atom is 0.0956 e. The van der Waals surface area contributed by atoms with E-state index >= 15 is 0 Å². The first-order chi connectivity index (χ1) is 15.7. The molecule has 0 fully saturated rings. The van der Waals surface area contributed by atoms with E-state index in [0.29, 0.717) is 0 Å². The van der Waals surface area contributed by atoms with Crippen LogP contribution in [0.5, 0.6) is 0 Å². The fourth-order valence-electron chi connectivity index (χ4n) is 4.51. The van der Waals surface area contributed by atoms with Gasteiger partial charge in [-0.25, -0.2) is 4.98 Å². The van der Waals surface area contributed by atoms with Crippen LogP contribution in [0.3, 0.4) is 0 Å². The van der Waals surface area contributed by atoms with Gasteiger partial charge in [-0.1, -0.05) is 86.1 Å². The summed E-state index contributed by atoms with van der Waals surface area (Å²) in [5.74, 6) is 0. The van der Waals surface area contributed by atoms with Crippen molar-refractivity contribution in [3.63, 3.8) is 0 Å². The zero-order chi connectivity index (χ0) is 22.2. The number of anilines is 1. The maximum absolute atomic E-state index is 6.01. The summed E-state index contributed by atoms with van der Waals surface area (Å²) in [6, 6.07) is 30.1. The smallest absolute Gasteiger partial charge is 0.0956 e. The molecule has 0 amide bonds. The molecule has 0 radical (unpaired) electrons. The molecule has 0 aliphatic rings. The van der Waals surface area contributed by atoms with Crippen molar-refractivity contribution < 1.29 is 0 Å². The van der Waals surface area contributed by atoms with Gasteiger partial charge < -0.3 is 10.3 Å². The number of hydrogen-bond donors (Lipinski definition) is 1. The standard InChI is InChI=1S/C28H32N4/c1-2-3-19-32(23-31-20-18-30-22-31)28(25-10-6-4-7-11-25,26-12-8-5-9-13-26)21-24-14-16-27(29)17-15-24/h4-18,20,22H,2-3,19,21,23,29H2,1H3. The summed E-state index contributed by atoms with van der Waals surface area (Å²) < 4.78 is 2.17. The second-order valence-corrected chi connectivity index (χ2v) is 8.35. The van der Waals surface area contributed by atoms with Gasteiger partial charge in [0.2, 0.25) is 0 Å². The topological polar surface area (TPSA) is 47.1 Å². The first-order valence-electron chi connectivity index (χ1n) is 11.4. The Hall–Kier alpha value is -3.37. The van der Waals surface area contributed by atoms with Gasteiger partial charge in [0.1, 0.15) is 0 Å². The highest BCUT2D eigenvalue weighted by atomic mass is 15.3. The average molecular weight is 425 g/mol. The summed E-state index contributed by atoms with van der Waals surface area (Å²) in [7, 11) is 0. The van der Waals surface area contributed by atoms with E-state index in [9.17, 15) is 0 Å². The van der Waals surface area contributed by atoms with Crippen LogP contribution in [0.1, 0.15) is 36.5 Å². The van der Waals surface area contributed by atoms with Crippen molar-refractivity contribution in [3.05, 3.63) is 120 Å². The van der Waals surface area contributed by atoms with Gasteiger partial charge in [0.15, 0.2) is 0 Å². The second kappa shape index (κ2) is 10.3. The molecule has 1 aromatic heterocycles. The quantitative estimate of drug-likeness (QED) is 0.332. The van der Waals surface area contributed by atoms with Crippen LogP contribution >= 0.6 is 0 Å². The minimum absolute atomic E-state index is 0.335. The Morgan fingerprint density at radius 2 is 1.50 bits per heavy atom. The van der Waals surface area contributed by atoms with E-state index in [0.717, 1.165) is 38.2 Å². The molecule has 0 atom stereocenters. The van der Waals surface area contributed by atoms with Crippen LogP contribution in [0, 0.1) is 0 Å². The van der Waals surface area contributed by atoms with Crippen LogP contribution in [0.15, 0.2) is 104 Å². The van der Waals surface area contributed by atoms with E-state index in [-0.39, 0.29) is 5.54 Å². The van der Waals surface area contributed by atoms with Crippen LogP contribution in [0.2, 0.25) is 0 Å². The molecule has 2 N–H and O–H groups in total. The monoisotopic (exact) mass is 424 g/mol. The highest BCUT2D eigenvalue weighted by Crippen LogP contribution is 2.40. The molecule has 0 aliphatic carbocycles. The minimum atomic E-state index is -0.335. The van der Waals surface area contributed by atoms with Gasteiger partial charge in [0, 0.05) is 24.6 Å². The van der Waals surface area contributed by atoms with Crippen molar-refractivity contribution in [2.75, 3.05) is 12.3 Å². The van der Waals surface area contributed by atoms with E-state index in [4.69, 9.17) is 5.73 Å². The van der Waals surface area contributed by atoms with Gasteiger partial charge >= 0.3 is 0 Å². The number of nitrogens with zero attached hydrogens (tertiary/aromatic N) is 3.